The first-order valence-corrected chi connectivity index (χ1v) is 8.35. The van der Waals surface area contributed by atoms with Gasteiger partial charge in [0.05, 0.1) is 11.3 Å². The Balaban J connectivity index is 2.65. The number of nitrogens with one attached hydrogen (secondary N) is 2. The predicted octanol–water partition coefficient (Wildman–Crippen LogP) is 1.40. The van der Waals surface area contributed by atoms with E-state index in [2.05, 4.69) is 10.6 Å². The highest BCUT2D eigenvalue weighted by Gasteiger charge is 2.21. The van der Waals surface area contributed by atoms with Crippen molar-refractivity contribution in [3.05, 3.63) is 39.9 Å². The average molecular weight is 365 g/mol. The molecule has 0 aliphatic rings. The first-order chi connectivity index (χ1) is 12.3. The van der Waals surface area contributed by atoms with Gasteiger partial charge in [0.1, 0.15) is 6.04 Å². The zero-order chi connectivity index (χ0) is 19.5. The van der Waals surface area contributed by atoms with Crippen LogP contribution in [0.3, 0.4) is 0 Å². The summed E-state index contributed by atoms with van der Waals surface area (Å²) in [6, 6.07) is 4.58. The second-order valence-electron chi connectivity index (χ2n) is 5.80. The van der Waals surface area contributed by atoms with Crippen LogP contribution in [-0.4, -0.2) is 40.4 Å². The van der Waals surface area contributed by atoms with E-state index in [0.29, 0.717) is 12.1 Å². The van der Waals surface area contributed by atoms with Gasteiger partial charge in [-0.05, 0) is 18.4 Å². The smallest absolute Gasteiger partial charge is 0.303 e. The van der Waals surface area contributed by atoms with Crippen molar-refractivity contribution in [2.75, 3.05) is 6.54 Å². The predicted molar refractivity (Wildman–Crippen MR) is 93.5 cm³/mol. The van der Waals surface area contributed by atoms with Crippen molar-refractivity contribution in [1.29, 1.82) is 0 Å². The maximum absolute atomic E-state index is 12.1. The molecule has 0 saturated carbocycles. The Morgan fingerprint density at radius 1 is 1.23 bits per heavy atom. The molecule has 26 heavy (non-hydrogen) atoms. The van der Waals surface area contributed by atoms with Crippen molar-refractivity contribution in [3.8, 4) is 0 Å². The van der Waals surface area contributed by atoms with Crippen molar-refractivity contribution in [2.24, 2.45) is 0 Å². The molecule has 9 heteroatoms. The van der Waals surface area contributed by atoms with E-state index in [-0.39, 0.29) is 24.9 Å². The van der Waals surface area contributed by atoms with Crippen LogP contribution in [0.5, 0.6) is 0 Å². The van der Waals surface area contributed by atoms with E-state index in [9.17, 15) is 24.5 Å². The van der Waals surface area contributed by atoms with Gasteiger partial charge in [0, 0.05) is 25.1 Å². The number of carbonyl (C=O) groups is 3. The first-order valence-electron chi connectivity index (χ1n) is 8.35. The van der Waals surface area contributed by atoms with E-state index in [4.69, 9.17) is 5.11 Å². The fraction of sp³-hybridized carbons (Fsp3) is 0.471. The number of carboxylic acid groups (broad SMARTS) is 1. The number of hydrogen-bond donors (Lipinski definition) is 3. The third-order valence-electron chi connectivity index (χ3n) is 3.64. The number of amides is 2. The van der Waals surface area contributed by atoms with Crippen LogP contribution < -0.4 is 10.6 Å². The zero-order valence-corrected chi connectivity index (χ0v) is 14.6. The monoisotopic (exact) mass is 365 g/mol. The van der Waals surface area contributed by atoms with Crippen molar-refractivity contribution >= 4 is 23.5 Å². The van der Waals surface area contributed by atoms with Crippen LogP contribution in [-0.2, 0) is 20.8 Å². The summed E-state index contributed by atoms with van der Waals surface area (Å²) >= 11 is 0. The van der Waals surface area contributed by atoms with Crippen LogP contribution >= 0.6 is 0 Å². The van der Waals surface area contributed by atoms with Crippen molar-refractivity contribution in [2.45, 2.75) is 45.1 Å². The Hall–Kier alpha value is -2.97. The second-order valence-corrected chi connectivity index (χ2v) is 5.80. The maximum Gasteiger partial charge on any atom is 0.303 e. The molecule has 0 radical (unpaired) electrons. The standard InChI is InChI=1S/C17H23N3O6/c1-2-3-10-18-17(24)14(8-9-16(22)23)19-15(21)11-12-4-6-13(7-5-12)20(25)26/h4-7,14H,2-3,8-11H2,1H3,(H,18,24)(H,19,21)(H,22,23)/t14-/m0/s1. The van der Waals surface area contributed by atoms with Gasteiger partial charge >= 0.3 is 5.97 Å². The molecule has 1 rings (SSSR count). The fourth-order valence-corrected chi connectivity index (χ4v) is 2.21. The number of nitro benzene ring substituents is 1. The molecule has 9 nitrogen and oxygen atoms in total. The van der Waals surface area contributed by atoms with Gasteiger partial charge in [-0.25, -0.2) is 0 Å². The molecule has 1 atom stereocenters. The van der Waals surface area contributed by atoms with Gasteiger partial charge in [-0.3, -0.25) is 24.5 Å². The lowest BCUT2D eigenvalue weighted by atomic mass is 10.1. The molecular formula is C17H23N3O6. The minimum absolute atomic E-state index is 0.0146. The molecule has 0 bridgehead atoms. The van der Waals surface area contributed by atoms with Gasteiger partial charge in [-0.2, -0.15) is 0 Å². The Kier molecular flexibility index (Phi) is 8.76. The van der Waals surface area contributed by atoms with Crippen LogP contribution in [0.25, 0.3) is 0 Å². The molecule has 0 spiro atoms. The van der Waals surface area contributed by atoms with E-state index in [1.54, 1.807) is 0 Å². The van der Waals surface area contributed by atoms with E-state index in [1.165, 1.54) is 24.3 Å². The fourth-order valence-electron chi connectivity index (χ4n) is 2.21. The molecular weight excluding hydrogens is 342 g/mol. The Morgan fingerprint density at radius 3 is 2.42 bits per heavy atom. The number of unbranched alkanes of at least 4 members (excludes halogenated alkanes) is 1. The number of nitrogens with zero attached hydrogens (tertiary/aromatic N) is 1. The minimum atomic E-state index is -1.05. The average Bonchev–Trinajstić information content (AvgIpc) is 2.59. The van der Waals surface area contributed by atoms with Gasteiger partial charge in [0.2, 0.25) is 11.8 Å². The van der Waals surface area contributed by atoms with Crippen LogP contribution in [0, 0.1) is 10.1 Å². The molecule has 142 valence electrons. The molecule has 2 amide bonds. The van der Waals surface area contributed by atoms with Crippen LogP contribution in [0.4, 0.5) is 5.69 Å². The number of carbonyl (C=O) groups excluding carboxylic acids is 2. The van der Waals surface area contributed by atoms with Crippen LogP contribution in [0.1, 0.15) is 38.2 Å². The third kappa shape index (κ3) is 7.73. The summed E-state index contributed by atoms with van der Waals surface area (Å²) in [5, 5.41) is 24.6. The normalized spacial score (nSPS) is 11.4. The minimum Gasteiger partial charge on any atom is -0.481 e. The lowest BCUT2D eigenvalue weighted by molar-refractivity contribution is -0.384. The number of aliphatic carboxylic acids is 1. The number of benzene rings is 1. The molecule has 0 fully saturated rings. The molecule has 0 unspecified atom stereocenters. The molecule has 0 heterocycles. The Bertz CT molecular complexity index is 644. The van der Waals surface area contributed by atoms with Gasteiger partial charge in [-0.15, -0.1) is 0 Å². The van der Waals surface area contributed by atoms with Gasteiger partial charge in [-0.1, -0.05) is 25.5 Å². The molecule has 1 aromatic carbocycles. The first kappa shape index (κ1) is 21.1. The Morgan fingerprint density at radius 2 is 1.88 bits per heavy atom. The summed E-state index contributed by atoms with van der Waals surface area (Å²) in [4.78, 5) is 45.1. The highest BCUT2D eigenvalue weighted by Crippen LogP contribution is 2.12. The van der Waals surface area contributed by atoms with E-state index >= 15 is 0 Å². The molecule has 3 N–H and O–H groups in total. The summed E-state index contributed by atoms with van der Waals surface area (Å²) in [7, 11) is 0. The van der Waals surface area contributed by atoms with Crippen LogP contribution in [0.15, 0.2) is 24.3 Å². The summed E-state index contributed by atoms with van der Waals surface area (Å²) in [6.45, 7) is 2.43. The van der Waals surface area contributed by atoms with E-state index < -0.39 is 28.7 Å². The number of nitro groups is 1. The van der Waals surface area contributed by atoms with Crippen LogP contribution in [0.2, 0.25) is 0 Å². The maximum atomic E-state index is 12.1. The number of rotatable bonds is 11. The molecule has 0 aromatic heterocycles. The summed E-state index contributed by atoms with van der Waals surface area (Å²) in [5.74, 6) is -1.93. The Labute approximate surface area is 150 Å². The van der Waals surface area contributed by atoms with Gasteiger partial charge in [0.15, 0.2) is 0 Å². The topological polar surface area (TPSA) is 139 Å². The largest absolute Gasteiger partial charge is 0.481 e. The van der Waals surface area contributed by atoms with Crippen molar-refractivity contribution in [3.63, 3.8) is 0 Å². The van der Waals surface area contributed by atoms with E-state index in [0.717, 1.165) is 12.8 Å². The molecule has 0 aliphatic carbocycles. The van der Waals surface area contributed by atoms with Gasteiger partial charge in [0.25, 0.3) is 5.69 Å². The summed E-state index contributed by atoms with van der Waals surface area (Å²) < 4.78 is 0. The summed E-state index contributed by atoms with van der Waals surface area (Å²) in [6.07, 6.45) is 1.35. The highest BCUT2D eigenvalue weighted by atomic mass is 16.6. The lowest BCUT2D eigenvalue weighted by Crippen LogP contribution is -2.47. The van der Waals surface area contributed by atoms with Crippen molar-refractivity contribution < 1.29 is 24.4 Å². The second kappa shape index (κ2) is 10.8. The summed E-state index contributed by atoms with van der Waals surface area (Å²) in [5.41, 5.74) is 0.472. The SMILES string of the molecule is CCCCNC(=O)[C@H](CCC(=O)O)NC(=O)Cc1ccc([N+](=O)[O-])cc1. The number of non-ortho nitro benzene ring substituents is 1. The molecule has 1 aromatic rings. The molecule has 0 saturated heterocycles. The number of hydrogen-bond acceptors (Lipinski definition) is 5. The van der Waals surface area contributed by atoms with E-state index in [1.807, 2.05) is 6.92 Å². The quantitative estimate of drug-likeness (QED) is 0.308. The van der Waals surface area contributed by atoms with Crippen molar-refractivity contribution in [1.82, 2.24) is 10.6 Å². The zero-order valence-electron chi connectivity index (χ0n) is 14.6. The third-order valence-corrected chi connectivity index (χ3v) is 3.64. The molecule has 0 aliphatic heterocycles. The lowest BCUT2D eigenvalue weighted by Gasteiger charge is -2.18. The number of carboxylic acids is 1. The van der Waals surface area contributed by atoms with Gasteiger partial charge < -0.3 is 15.7 Å². The highest BCUT2D eigenvalue weighted by molar-refractivity contribution is 5.88.